The van der Waals surface area contributed by atoms with Gasteiger partial charge in [0.15, 0.2) is 6.10 Å². The van der Waals surface area contributed by atoms with Gasteiger partial charge in [-0.25, -0.2) is 4.79 Å². The van der Waals surface area contributed by atoms with Gasteiger partial charge in [0.1, 0.15) is 0 Å². The maximum atomic E-state index is 12.3. The number of amides is 1. The molecule has 27 heavy (non-hydrogen) atoms. The Bertz CT molecular complexity index is 844. The quantitative estimate of drug-likeness (QED) is 0.550. The van der Waals surface area contributed by atoms with Crippen molar-refractivity contribution < 1.29 is 27.3 Å². The minimum Gasteiger partial charge on any atom is -0.449 e. The normalized spacial score (nSPS) is 13.1. The number of ether oxygens (including phenoxy) is 1. The van der Waals surface area contributed by atoms with Gasteiger partial charge in [0, 0.05) is 16.8 Å². The van der Waals surface area contributed by atoms with Crippen LogP contribution in [0.5, 0.6) is 0 Å². The summed E-state index contributed by atoms with van der Waals surface area (Å²) >= 11 is 0.402. The molecule has 0 spiro atoms. The van der Waals surface area contributed by atoms with Crippen LogP contribution in [0.25, 0.3) is 0 Å². The van der Waals surface area contributed by atoms with Crippen LogP contribution in [0, 0.1) is 0 Å². The first-order valence-corrected chi connectivity index (χ1v) is 10.2. The number of halogens is 2. The van der Waals surface area contributed by atoms with E-state index in [1.807, 2.05) is 0 Å². The van der Waals surface area contributed by atoms with Crippen molar-refractivity contribution in [3.05, 3.63) is 54.1 Å². The molecule has 2 aromatic rings. The molecule has 0 saturated heterocycles. The molecule has 0 heterocycles. The predicted octanol–water partition coefficient (Wildman–Crippen LogP) is 3.92. The summed E-state index contributed by atoms with van der Waals surface area (Å²) in [5, 5.41) is 2.54. The van der Waals surface area contributed by atoms with Crippen LogP contribution >= 0.6 is 11.8 Å². The van der Waals surface area contributed by atoms with E-state index < -0.39 is 34.5 Å². The molecular formula is C18H17F2NO4S2. The van der Waals surface area contributed by atoms with Gasteiger partial charge in [0.2, 0.25) is 0 Å². The van der Waals surface area contributed by atoms with Crippen LogP contribution in [0.15, 0.2) is 58.3 Å². The average Bonchev–Trinajstić information content (AvgIpc) is 2.62. The first kappa shape index (κ1) is 21.0. The fourth-order valence-electron chi connectivity index (χ4n) is 2.13. The Morgan fingerprint density at radius 3 is 2.33 bits per heavy atom. The van der Waals surface area contributed by atoms with E-state index in [0.717, 1.165) is 0 Å². The molecule has 0 bridgehead atoms. The van der Waals surface area contributed by atoms with Crippen LogP contribution in [-0.4, -0.2) is 34.2 Å². The van der Waals surface area contributed by atoms with Crippen molar-refractivity contribution >= 4 is 40.1 Å². The summed E-state index contributed by atoms with van der Waals surface area (Å²) < 4.78 is 41.5. The van der Waals surface area contributed by atoms with E-state index in [1.54, 1.807) is 18.2 Å². The zero-order valence-corrected chi connectivity index (χ0v) is 16.1. The Balaban J connectivity index is 1.99. The highest BCUT2D eigenvalue weighted by Crippen LogP contribution is 2.26. The van der Waals surface area contributed by atoms with Gasteiger partial charge in [-0.1, -0.05) is 23.9 Å². The molecule has 0 fully saturated rings. The second-order valence-corrected chi connectivity index (χ2v) is 7.80. The lowest BCUT2D eigenvalue weighted by Crippen LogP contribution is -2.30. The Labute approximate surface area is 161 Å². The van der Waals surface area contributed by atoms with Gasteiger partial charge in [0.25, 0.3) is 11.7 Å². The molecule has 0 aliphatic heterocycles. The van der Waals surface area contributed by atoms with Gasteiger partial charge >= 0.3 is 5.97 Å². The molecule has 9 heteroatoms. The van der Waals surface area contributed by atoms with E-state index in [4.69, 9.17) is 4.74 Å². The topological polar surface area (TPSA) is 72.5 Å². The summed E-state index contributed by atoms with van der Waals surface area (Å²) in [5.41, 5.74) is 0.517. The van der Waals surface area contributed by atoms with E-state index >= 15 is 0 Å². The molecule has 0 aliphatic carbocycles. The molecule has 1 amide bonds. The molecule has 0 aliphatic rings. The van der Waals surface area contributed by atoms with Crippen LogP contribution in [-0.2, 0) is 20.3 Å². The number of carbonyl (C=O) groups is 2. The van der Waals surface area contributed by atoms with Crippen molar-refractivity contribution in [2.24, 2.45) is 0 Å². The van der Waals surface area contributed by atoms with Gasteiger partial charge in [-0.05, 0) is 43.3 Å². The van der Waals surface area contributed by atoms with Gasteiger partial charge in [-0.3, -0.25) is 9.00 Å². The molecular weight excluding hydrogens is 396 g/mol. The summed E-state index contributed by atoms with van der Waals surface area (Å²) in [6, 6.07) is 12.2. The summed E-state index contributed by atoms with van der Waals surface area (Å²) in [6.07, 6.45) is 0.337. The number of hydrogen-bond acceptors (Lipinski definition) is 5. The van der Waals surface area contributed by atoms with Crippen molar-refractivity contribution in [2.75, 3.05) is 11.6 Å². The molecule has 2 rings (SSSR count). The van der Waals surface area contributed by atoms with Crippen molar-refractivity contribution in [3.8, 4) is 0 Å². The number of esters is 1. The Morgan fingerprint density at radius 2 is 1.74 bits per heavy atom. The number of benzene rings is 2. The first-order valence-electron chi connectivity index (χ1n) is 7.77. The Hall–Kier alpha value is -2.26. The third-order valence-corrected chi connectivity index (χ3v) is 5.11. The van der Waals surface area contributed by atoms with Gasteiger partial charge in [0.05, 0.1) is 21.3 Å². The number of alkyl halides is 2. The van der Waals surface area contributed by atoms with Crippen molar-refractivity contribution in [1.82, 2.24) is 0 Å². The van der Waals surface area contributed by atoms with Gasteiger partial charge in [-0.15, -0.1) is 0 Å². The number of hydrogen-bond donors (Lipinski definition) is 1. The summed E-state index contributed by atoms with van der Waals surface area (Å²) in [7, 11) is -1.38. The molecule has 144 valence electrons. The Kier molecular flexibility index (Phi) is 7.49. The summed E-state index contributed by atoms with van der Waals surface area (Å²) in [5.74, 6) is -3.86. The van der Waals surface area contributed by atoms with E-state index in [-0.39, 0.29) is 5.56 Å². The summed E-state index contributed by atoms with van der Waals surface area (Å²) in [4.78, 5) is 25.2. The highest BCUT2D eigenvalue weighted by Gasteiger charge is 2.21. The van der Waals surface area contributed by atoms with Crippen molar-refractivity contribution in [1.29, 1.82) is 0 Å². The van der Waals surface area contributed by atoms with Crippen molar-refractivity contribution in [3.63, 3.8) is 0 Å². The highest BCUT2D eigenvalue weighted by molar-refractivity contribution is 7.99. The number of thioether (sulfide) groups is 1. The standard InChI is InChI=1S/C18H17F2NO4S2/c1-11(25-17(23)14-5-3-4-6-15(14)27(2)24)16(22)21-12-7-9-13(10-8-12)26-18(19)20/h3-11,18H,1-2H3,(H,21,22)/t11-,27+/m1/s1. The molecule has 0 unspecified atom stereocenters. The number of nitrogens with one attached hydrogen (secondary N) is 1. The average molecular weight is 413 g/mol. The largest absolute Gasteiger partial charge is 0.449 e. The zero-order chi connectivity index (χ0) is 20.0. The number of carbonyl (C=O) groups excluding carboxylic acids is 2. The lowest BCUT2D eigenvalue weighted by Gasteiger charge is -2.15. The van der Waals surface area contributed by atoms with Crippen LogP contribution in [0.1, 0.15) is 17.3 Å². The smallest absolute Gasteiger partial charge is 0.340 e. The predicted molar refractivity (Wildman–Crippen MR) is 101 cm³/mol. The van der Waals surface area contributed by atoms with Crippen molar-refractivity contribution in [2.45, 2.75) is 28.6 Å². The van der Waals surface area contributed by atoms with Gasteiger partial charge in [-0.2, -0.15) is 8.78 Å². The number of anilines is 1. The van der Waals surface area contributed by atoms with Crippen LogP contribution < -0.4 is 5.32 Å². The van der Waals surface area contributed by atoms with E-state index in [9.17, 15) is 22.6 Å². The fourth-order valence-corrected chi connectivity index (χ4v) is 3.36. The maximum Gasteiger partial charge on any atom is 0.340 e. The zero-order valence-electron chi connectivity index (χ0n) is 14.5. The fraction of sp³-hybridized carbons (Fsp3) is 0.222. The SMILES string of the molecule is C[C@@H](OC(=O)c1ccccc1[S@](C)=O)C(=O)Nc1ccc(SC(F)F)cc1. The third kappa shape index (κ3) is 6.14. The third-order valence-electron chi connectivity index (χ3n) is 3.42. The lowest BCUT2D eigenvalue weighted by atomic mass is 10.2. The first-order chi connectivity index (χ1) is 12.8. The monoisotopic (exact) mass is 413 g/mol. The molecule has 0 radical (unpaired) electrons. The minimum absolute atomic E-state index is 0.131. The number of rotatable bonds is 7. The molecule has 2 aromatic carbocycles. The molecule has 1 N–H and O–H groups in total. The second-order valence-electron chi connectivity index (χ2n) is 5.39. The molecule has 2 atom stereocenters. The highest BCUT2D eigenvalue weighted by atomic mass is 32.2. The van der Waals surface area contributed by atoms with Gasteiger partial charge < -0.3 is 10.1 Å². The van der Waals surface area contributed by atoms with Crippen LogP contribution in [0.3, 0.4) is 0 Å². The lowest BCUT2D eigenvalue weighted by molar-refractivity contribution is -0.123. The minimum atomic E-state index is -2.52. The molecule has 0 aromatic heterocycles. The molecule has 0 saturated carbocycles. The summed E-state index contributed by atoms with van der Waals surface area (Å²) in [6.45, 7) is 1.40. The second kappa shape index (κ2) is 9.61. The molecule has 5 nitrogen and oxygen atoms in total. The Morgan fingerprint density at radius 1 is 1.11 bits per heavy atom. The van der Waals surface area contributed by atoms with E-state index in [1.165, 1.54) is 43.5 Å². The maximum absolute atomic E-state index is 12.3. The van der Waals surface area contributed by atoms with Crippen LogP contribution in [0.2, 0.25) is 0 Å². The van der Waals surface area contributed by atoms with Crippen LogP contribution in [0.4, 0.5) is 14.5 Å². The van der Waals surface area contributed by atoms with E-state index in [0.29, 0.717) is 27.2 Å². The van der Waals surface area contributed by atoms with E-state index in [2.05, 4.69) is 5.32 Å².